The Labute approximate surface area is 329 Å². The second-order valence-electron chi connectivity index (χ2n) is 13.2. The van der Waals surface area contributed by atoms with E-state index >= 15 is 0 Å². The number of Topliss-reactive ketones (excluding diaryl/α,β-unsaturated/α-hetero) is 1. The van der Waals surface area contributed by atoms with Gasteiger partial charge in [0.05, 0.1) is 41.1 Å². The molecule has 58 heavy (non-hydrogen) atoms. The molecule has 0 saturated carbocycles. The molecule has 2 aromatic carbocycles. The molecule has 2 aliphatic rings. The number of benzene rings is 2. The van der Waals surface area contributed by atoms with Crippen molar-refractivity contribution in [1.29, 1.82) is 0 Å². The zero-order valence-corrected chi connectivity index (χ0v) is 31.0. The van der Waals surface area contributed by atoms with Gasteiger partial charge in [0.15, 0.2) is 23.5 Å². The molecule has 0 spiro atoms. The molecule has 0 bridgehead atoms. The topological polar surface area (TPSA) is 243 Å². The number of carbonyl (C=O) groups excluding carboxylic acids is 5. The number of amides is 4. The highest BCUT2D eigenvalue weighted by Crippen LogP contribution is 2.37. The SMILES string of the molecule is C.CC(=O)C(O)CNC(=O)c1c(C)[nH]c(/C=C2\C(=O)Nc3ccc(F)c(F)c32)c1C.Cc1[nH]c(/C=C2\C(=O)Nc3ccc(F)cc32)c(C)c1C(=O)NCC(O)C(=O)O. The lowest BCUT2D eigenvalue weighted by Crippen LogP contribution is -2.36. The number of aryl methyl sites for hydroxylation is 2. The lowest BCUT2D eigenvalue weighted by atomic mass is 10.0. The Kier molecular flexibility index (Phi) is 13.3. The minimum Gasteiger partial charge on any atom is -0.479 e. The number of carboxylic acids is 1. The highest BCUT2D eigenvalue weighted by molar-refractivity contribution is 6.35. The first-order chi connectivity index (χ1) is 26.8. The van der Waals surface area contributed by atoms with Gasteiger partial charge in [-0.1, -0.05) is 7.43 Å². The molecule has 15 nitrogen and oxygen atoms in total. The smallest absolute Gasteiger partial charge is 0.334 e. The van der Waals surface area contributed by atoms with Crippen LogP contribution in [-0.2, 0) is 19.2 Å². The Balaban J connectivity index is 0.000000252. The second kappa shape index (κ2) is 17.6. The van der Waals surface area contributed by atoms with E-state index < -0.39 is 65.7 Å². The first kappa shape index (κ1) is 43.9. The van der Waals surface area contributed by atoms with Gasteiger partial charge in [0.25, 0.3) is 23.6 Å². The number of aliphatic hydroxyl groups excluding tert-OH is 2. The molecular formula is C40H41F3N6O9. The average Bonchev–Trinajstić information content (AvgIpc) is 3.83. The van der Waals surface area contributed by atoms with Gasteiger partial charge < -0.3 is 46.6 Å². The highest BCUT2D eigenvalue weighted by Gasteiger charge is 2.31. The first-order valence-electron chi connectivity index (χ1n) is 17.2. The Morgan fingerprint density at radius 3 is 1.76 bits per heavy atom. The van der Waals surface area contributed by atoms with Gasteiger partial charge in [-0.3, -0.25) is 24.0 Å². The van der Waals surface area contributed by atoms with Crippen molar-refractivity contribution in [3.8, 4) is 0 Å². The minimum absolute atomic E-state index is 0. The third-order valence-corrected chi connectivity index (χ3v) is 9.27. The number of carboxylic acid groups (broad SMARTS) is 1. The minimum atomic E-state index is -1.71. The molecule has 306 valence electrons. The summed E-state index contributed by atoms with van der Waals surface area (Å²) in [5.41, 5.74) is 4.51. The van der Waals surface area contributed by atoms with E-state index in [9.17, 15) is 52.2 Å². The molecule has 0 saturated heterocycles. The van der Waals surface area contributed by atoms with Crippen molar-refractivity contribution >= 4 is 70.1 Å². The van der Waals surface area contributed by atoms with Crippen LogP contribution in [0.4, 0.5) is 24.5 Å². The molecule has 18 heteroatoms. The fraction of sp³-hybridized carbons (Fsp3) is 0.250. The van der Waals surface area contributed by atoms with Gasteiger partial charge in [-0.05, 0) is 88.2 Å². The lowest BCUT2D eigenvalue weighted by Gasteiger charge is -2.09. The van der Waals surface area contributed by atoms with Crippen molar-refractivity contribution < 1.29 is 57.3 Å². The summed E-state index contributed by atoms with van der Waals surface area (Å²) >= 11 is 0. The number of halogens is 3. The van der Waals surface area contributed by atoms with Crippen LogP contribution in [-0.4, -0.2) is 86.0 Å². The van der Waals surface area contributed by atoms with Gasteiger partial charge in [-0.2, -0.15) is 0 Å². The predicted octanol–water partition coefficient (Wildman–Crippen LogP) is 4.16. The van der Waals surface area contributed by atoms with Gasteiger partial charge >= 0.3 is 5.97 Å². The number of rotatable bonds is 10. The van der Waals surface area contributed by atoms with Crippen LogP contribution in [0, 0.1) is 45.1 Å². The van der Waals surface area contributed by atoms with E-state index in [0.29, 0.717) is 45.2 Å². The fourth-order valence-corrected chi connectivity index (χ4v) is 6.26. The molecule has 9 N–H and O–H groups in total. The molecule has 2 aliphatic heterocycles. The van der Waals surface area contributed by atoms with Crippen LogP contribution in [0.3, 0.4) is 0 Å². The summed E-state index contributed by atoms with van der Waals surface area (Å²) in [6, 6.07) is 6.19. The van der Waals surface area contributed by atoms with Crippen LogP contribution in [0.2, 0.25) is 0 Å². The molecule has 0 radical (unpaired) electrons. The molecule has 0 aliphatic carbocycles. The Hall–Kier alpha value is -6.79. The second-order valence-corrected chi connectivity index (χ2v) is 13.2. The Morgan fingerprint density at radius 1 is 0.741 bits per heavy atom. The largest absolute Gasteiger partial charge is 0.479 e. The van der Waals surface area contributed by atoms with Crippen LogP contribution in [0.15, 0.2) is 30.3 Å². The summed E-state index contributed by atoms with van der Waals surface area (Å²) in [7, 11) is 0. The Morgan fingerprint density at radius 2 is 1.22 bits per heavy atom. The first-order valence-corrected chi connectivity index (χ1v) is 17.2. The maximum Gasteiger partial charge on any atom is 0.334 e. The number of anilines is 2. The third-order valence-electron chi connectivity index (χ3n) is 9.27. The van der Waals surface area contributed by atoms with Crippen molar-refractivity contribution in [3.63, 3.8) is 0 Å². The van der Waals surface area contributed by atoms with Crippen molar-refractivity contribution in [2.24, 2.45) is 0 Å². The number of aliphatic hydroxyl groups is 2. The zero-order valence-electron chi connectivity index (χ0n) is 31.0. The lowest BCUT2D eigenvalue weighted by molar-refractivity contribution is -0.146. The maximum absolute atomic E-state index is 14.2. The summed E-state index contributed by atoms with van der Waals surface area (Å²) in [4.78, 5) is 77.1. The quantitative estimate of drug-likeness (QED) is 0.104. The summed E-state index contributed by atoms with van der Waals surface area (Å²) in [5.74, 6) is -6.65. The van der Waals surface area contributed by atoms with Gasteiger partial charge in [-0.15, -0.1) is 0 Å². The van der Waals surface area contributed by atoms with E-state index in [1.165, 1.54) is 43.3 Å². The normalized spacial score (nSPS) is 15.0. The number of ketones is 1. The number of carbonyl (C=O) groups is 6. The van der Waals surface area contributed by atoms with Crippen molar-refractivity contribution in [3.05, 3.63) is 104 Å². The van der Waals surface area contributed by atoms with Crippen molar-refractivity contribution in [2.75, 3.05) is 23.7 Å². The van der Waals surface area contributed by atoms with E-state index in [4.69, 9.17) is 5.11 Å². The number of hydrogen-bond donors (Lipinski definition) is 9. The third kappa shape index (κ3) is 8.92. The number of nitrogens with one attached hydrogen (secondary N) is 6. The zero-order chi connectivity index (χ0) is 42.0. The molecule has 2 unspecified atom stereocenters. The number of hydrogen-bond acceptors (Lipinski definition) is 8. The summed E-state index contributed by atoms with van der Waals surface area (Å²) in [5, 5.41) is 37.5. The van der Waals surface area contributed by atoms with E-state index in [1.54, 1.807) is 27.7 Å². The van der Waals surface area contributed by atoms with Crippen molar-refractivity contribution in [1.82, 2.24) is 20.6 Å². The van der Waals surface area contributed by atoms with Crippen LogP contribution >= 0.6 is 0 Å². The molecular weight excluding hydrogens is 765 g/mol. The molecule has 0 fully saturated rings. The number of H-pyrrole nitrogens is 2. The van der Waals surface area contributed by atoms with Gasteiger partial charge in [0, 0.05) is 39.6 Å². The standard InChI is InChI=1S/C20H19F2N3O4.C19H18FN3O5.CH4/c1-8-14(24-9(2)16(8)20(29)23-7-15(27)10(3)26)6-11-17-13(25-19(11)28)5-4-12(21)18(17)22;1-8-14(6-12-11-5-10(20)3-4-13(11)23-17(12)25)22-9(2)16(8)18(26)21-7-15(24)19(27)28;/h4-6,15,24,27H,7H2,1-3H3,(H,23,29)(H,25,28);3-6,15,22,24H,7H2,1-2H3,(H,21,26)(H,23,25)(H,27,28);1H4/b11-6-;12-6-;. The molecule has 2 aromatic heterocycles. The van der Waals surface area contributed by atoms with Crippen LogP contribution < -0.4 is 21.3 Å². The van der Waals surface area contributed by atoms with Gasteiger partial charge in [-0.25, -0.2) is 18.0 Å². The number of aliphatic carboxylic acids is 1. The summed E-state index contributed by atoms with van der Waals surface area (Å²) in [6.07, 6.45) is -0.130. The summed E-state index contributed by atoms with van der Waals surface area (Å²) in [6.45, 7) is 7.10. The van der Waals surface area contributed by atoms with Crippen molar-refractivity contribution in [2.45, 2.75) is 54.3 Å². The predicted molar refractivity (Wildman–Crippen MR) is 208 cm³/mol. The van der Waals surface area contributed by atoms with E-state index in [1.807, 2.05) is 0 Å². The van der Waals surface area contributed by atoms with E-state index in [0.717, 1.165) is 6.07 Å². The maximum atomic E-state index is 14.2. The van der Waals surface area contributed by atoms with Crippen LogP contribution in [0.5, 0.6) is 0 Å². The highest BCUT2D eigenvalue weighted by atomic mass is 19.2. The summed E-state index contributed by atoms with van der Waals surface area (Å²) < 4.78 is 41.4. The molecule has 4 amide bonds. The van der Waals surface area contributed by atoms with Gasteiger partial charge in [0.1, 0.15) is 11.9 Å². The molecule has 4 heterocycles. The van der Waals surface area contributed by atoms with E-state index in [-0.39, 0.29) is 53.4 Å². The number of aromatic amines is 2. The molecule has 6 rings (SSSR count). The van der Waals surface area contributed by atoms with E-state index in [2.05, 4.69) is 31.2 Å². The average molecular weight is 807 g/mol. The Bertz CT molecular complexity index is 2430. The monoisotopic (exact) mass is 806 g/mol. The number of fused-ring (bicyclic) bond motifs is 2. The van der Waals surface area contributed by atoms with Crippen LogP contribution in [0.25, 0.3) is 23.3 Å². The number of aromatic nitrogens is 2. The van der Waals surface area contributed by atoms with Crippen LogP contribution in [0.1, 0.15) is 80.1 Å². The van der Waals surface area contributed by atoms with Gasteiger partial charge in [0.2, 0.25) is 0 Å². The molecule has 2 atom stereocenters. The molecule has 4 aromatic rings. The fourth-order valence-electron chi connectivity index (χ4n) is 6.26.